The van der Waals surface area contributed by atoms with Gasteiger partial charge in [-0.15, -0.1) is 0 Å². The molecule has 1 heterocycles. The number of thioether (sulfide) groups is 1. The molecule has 0 spiro atoms. The van der Waals surface area contributed by atoms with Crippen LogP contribution in [-0.2, 0) is 4.74 Å². The Morgan fingerprint density at radius 1 is 1.29 bits per heavy atom. The molecule has 4 unspecified atom stereocenters. The summed E-state index contributed by atoms with van der Waals surface area (Å²) in [6.45, 7) is 1.45. The van der Waals surface area contributed by atoms with Gasteiger partial charge in [0.05, 0.1) is 6.10 Å². The zero-order valence-corrected chi connectivity index (χ0v) is 15.4. The molecule has 1 aromatic rings. The molecule has 1 saturated carbocycles. The number of nitrogens with zero attached hydrogens (tertiary/aromatic N) is 1. The topological polar surface area (TPSA) is 41.6 Å². The van der Waals surface area contributed by atoms with E-state index < -0.39 is 0 Å². The normalized spacial score (nSPS) is 29.6. The van der Waals surface area contributed by atoms with Gasteiger partial charge in [-0.2, -0.15) is 11.8 Å². The Bertz CT molecular complexity index is 539. The Hall–Kier alpha value is -1.20. The molecule has 2 amide bonds. The largest absolute Gasteiger partial charge is 0.373 e. The summed E-state index contributed by atoms with van der Waals surface area (Å²) >= 11 is 1.92. The van der Waals surface area contributed by atoms with E-state index in [1.165, 1.54) is 12.0 Å². The van der Waals surface area contributed by atoms with Gasteiger partial charge in [-0.05, 0) is 37.5 Å². The number of benzene rings is 1. The lowest BCUT2D eigenvalue weighted by Crippen LogP contribution is -2.44. The third-order valence-corrected chi connectivity index (χ3v) is 6.51. The predicted molar refractivity (Wildman–Crippen MR) is 99.3 cm³/mol. The SMILES string of the molecule is CSC1CCC(N(C)C(=O)NCC2CCOC2c2ccccc2)C1. The highest BCUT2D eigenvalue weighted by atomic mass is 32.2. The third kappa shape index (κ3) is 4.06. The van der Waals surface area contributed by atoms with Gasteiger partial charge in [-0.3, -0.25) is 0 Å². The second-order valence-corrected chi connectivity index (χ2v) is 8.01. The van der Waals surface area contributed by atoms with Crippen molar-refractivity contribution in [1.29, 1.82) is 0 Å². The van der Waals surface area contributed by atoms with Crippen LogP contribution in [0.3, 0.4) is 0 Å². The average molecular weight is 349 g/mol. The lowest BCUT2D eigenvalue weighted by atomic mass is 9.95. The van der Waals surface area contributed by atoms with Crippen LogP contribution >= 0.6 is 11.8 Å². The third-order valence-electron chi connectivity index (χ3n) is 5.42. The molecule has 1 aromatic carbocycles. The number of carbonyl (C=O) groups is 1. The maximum Gasteiger partial charge on any atom is 0.317 e. The predicted octanol–water partition coefficient (Wildman–Crippen LogP) is 3.69. The number of rotatable bonds is 5. The van der Waals surface area contributed by atoms with Crippen molar-refractivity contribution in [2.75, 3.05) is 26.5 Å². The van der Waals surface area contributed by atoms with Gasteiger partial charge >= 0.3 is 6.03 Å². The van der Waals surface area contributed by atoms with Crippen molar-refractivity contribution in [1.82, 2.24) is 10.2 Å². The lowest BCUT2D eigenvalue weighted by molar-refractivity contribution is 0.0904. The van der Waals surface area contributed by atoms with Crippen molar-refractivity contribution in [3.63, 3.8) is 0 Å². The van der Waals surface area contributed by atoms with Gasteiger partial charge in [-0.1, -0.05) is 30.3 Å². The van der Waals surface area contributed by atoms with Crippen molar-refractivity contribution in [2.45, 2.75) is 43.1 Å². The fraction of sp³-hybridized carbons (Fsp3) is 0.632. The monoisotopic (exact) mass is 348 g/mol. The number of urea groups is 1. The first-order valence-electron chi connectivity index (χ1n) is 8.89. The number of hydrogen-bond donors (Lipinski definition) is 1. The fourth-order valence-corrected chi connectivity index (χ4v) is 4.63. The second-order valence-electron chi connectivity index (χ2n) is 6.87. The highest BCUT2D eigenvalue weighted by molar-refractivity contribution is 7.99. The Morgan fingerprint density at radius 3 is 2.79 bits per heavy atom. The first-order valence-corrected chi connectivity index (χ1v) is 10.2. The van der Waals surface area contributed by atoms with E-state index in [1.54, 1.807) is 0 Å². The maximum atomic E-state index is 12.5. The van der Waals surface area contributed by atoms with Crippen LogP contribution in [-0.4, -0.2) is 48.7 Å². The van der Waals surface area contributed by atoms with E-state index in [9.17, 15) is 4.79 Å². The number of nitrogens with one attached hydrogen (secondary N) is 1. The molecule has 1 aliphatic carbocycles. The summed E-state index contributed by atoms with van der Waals surface area (Å²) in [5.41, 5.74) is 1.21. The van der Waals surface area contributed by atoms with Crippen LogP contribution in [0.4, 0.5) is 4.79 Å². The van der Waals surface area contributed by atoms with Crippen LogP contribution in [0.5, 0.6) is 0 Å². The van der Waals surface area contributed by atoms with Gasteiger partial charge in [0.15, 0.2) is 0 Å². The van der Waals surface area contributed by atoms with Crippen LogP contribution in [0, 0.1) is 5.92 Å². The van der Waals surface area contributed by atoms with E-state index in [4.69, 9.17) is 4.74 Å². The molecule has 0 radical (unpaired) electrons. The molecule has 1 N–H and O–H groups in total. The van der Waals surface area contributed by atoms with E-state index in [-0.39, 0.29) is 12.1 Å². The van der Waals surface area contributed by atoms with E-state index in [2.05, 4.69) is 23.7 Å². The average Bonchev–Trinajstić information content (AvgIpc) is 3.28. The first-order chi connectivity index (χ1) is 11.7. The lowest BCUT2D eigenvalue weighted by Gasteiger charge is -2.26. The molecule has 3 rings (SSSR count). The minimum Gasteiger partial charge on any atom is -0.373 e. The summed E-state index contributed by atoms with van der Waals surface area (Å²) in [5, 5.41) is 3.84. The fourth-order valence-electron chi connectivity index (χ4n) is 3.85. The molecule has 4 nitrogen and oxygen atoms in total. The zero-order chi connectivity index (χ0) is 16.9. The van der Waals surface area contributed by atoms with Gasteiger partial charge < -0.3 is 15.0 Å². The van der Waals surface area contributed by atoms with E-state index >= 15 is 0 Å². The van der Waals surface area contributed by atoms with Crippen LogP contribution in [0.2, 0.25) is 0 Å². The molecule has 2 aliphatic rings. The van der Waals surface area contributed by atoms with Gasteiger partial charge in [0.2, 0.25) is 0 Å². The van der Waals surface area contributed by atoms with E-state index in [0.717, 1.165) is 25.9 Å². The molecular formula is C19H28N2O2S. The Labute approximate surface area is 149 Å². The number of hydrogen-bond acceptors (Lipinski definition) is 3. The van der Waals surface area contributed by atoms with Crippen molar-refractivity contribution < 1.29 is 9.53 Å². The van der Waals surface area contributed by atoms with Gasteiger partial charge in [0.1, 0.15) is 0 Å². The molecule has 5 heteroatoms. The van der Waals surface area contributed by atoms with Crippen LogP contribution in [0.15, 0.2) is 30.3 Å². The van der Waals surface area contributed by atoms with Gasteiger partial charge in [0, 0.05) is 37.4 Å². The Kier molecular flexibility index (Phi) is 6.06. The summed E-state index contributed by atoms with van der Waals surface area (Å²) in [5.74, 6) is 0.354. The number of amides is 2. The highest BCUT2D eigenvalue weighted by Gasteiger charge is 2.32. The summed E-state index contributed by atoms with van der Waals surface area (Å²) in [6.07, 6.45) is 6.72. The van der Waals surface area contributed by atoms with Crippen LogP contribution in [0.25, 0.3) is 0 Å². The highest BCUT2D eigenvalue weighted by Crippen LogP contribution is 2.34. The maximum absolute atomic E-state index is 12.5. The minimum atomic E-state index is 0.0560. The summed E-state index contributed by atoms with van der Waals surface area (Å²) in [7, 11) is 1.93. The first kappa shape index (κ1) is 17.6. The molecule has 24 heavy (non-hydrogen) atoms. The Morgan fingerprint density at radius 2 is 2.08 bits per heavy atom. The van der Waals surface area contributed by atoms with Crippen LogP contribution < -0.4 is 5.32 Å². The molecule has 1 saturated heterocycles. The molecule has 0 bridgehead atoms. The minimum absolute atomic E-state index is 0.0560. The molecular weight excluding hydrogens is 320 g/mol. The molecule has 132 valence electrons. The quantitative estimate of drug-likeness (QED) is 0.882. The summed E-state index contributed by atoms with van der Waals surface area (Å²) in [6, 6.07) is 10.8. The van der Waals surface area contributed by atoms with Gasteiger partial charge in [0.25, 0.3) is 0 Å². The molecule has 1 aliphatic heterocycles. The molecule has 2 fully saturated rings. The summed E-state index contributed by atoms with van der Waals surface area (Å²) in [4.78, 5) is 14.4. The van der Waals surface area contributed by atoms with E-state index in [0.29, 0.717) is 23.8 Å². The number of ether oxygens (including phenoxy) is 1. The molecule has 0 aromatic heterocycles. The van der Waals surface area contributed by atoms with Crippen molar-refractivity contribution >= 4 is 17.8 Å². The summed E-state index contributed by atoms with van der Waals surface area (Å²) < 4.78 is 5.91. The van der Waals surface area contributed by atoms with Crippen LogP contribution in [0.1, 0.15) is 37.4 Å². The van der Waals surface area contributed by atoms with E-state index in [1.807, 2.05) is 41.9 Å². The second kappa shape index (κ2) is 8.26. The number of carbonyl (C=O) groups excluding carboxylic acids is 1. The zero-order valence-electron chi connectivity index (χ0n) is 14.6. The van der Waals surface area contributed by atoms with Crippen molar-refractivity contribution in [2.24, 2.45) is 5.92 Å². The van der Waals surface area contributed by atoms with Crippen molar-refractivity contribution in [3.8, 4) is 0 Å². The van der Waals surface area contributed by atoms with Crippen molar-refractivity contribution in [3.05, 3.63) is 35.9 Å². The smallest absolute Gasteiger partial charge is 0.317 e. The van der Waals surface area contributed by atoms with Gasteiger partial charge in [-0.25, -0.2) is 4.79 Å². The molecule has 4 atom stereocenters. The standard InChI is InChI=1S/C19H28N2O2S/c1-21(16-8-9-17(12-16)24-2)19(22)20-13-15-10-11-23-18(15)14-6-4-3-5-7-14/h3-7,15-18H,8-13H2,1-2H3,(H,20,22). The Balaban J connectivity index is 1.50.